The molecule has 0 fully saturated rings. The lowest BCUT2D eigenvalue weighted by Crippen LogP contribution is -2.28. The summed E-state index contributed by atoms with van der Waals surface area (Å²) in [4.78, 5) is 6.87. The van der Waals surface area contributed by atoms with E-state index in [1.165, 1.54) is 19.2 Å². The predicted octanol–water partition coefficient (Wildman–Crippen LogP) is 1.04. The number of hydrogen-bond acceptors (Lipinski definition) is 5. The van der Waals surface area contributed by atoms with Crippen LogP contribution in [-0.2, 0) is 10.0 Å². The van der Waals surface area contributed by atoms with Gasteiger partial charge in [0, 0.05) is 18.1 Å². The SMILES string of the molecule is COc1ccc(N)cc1S(=O)(=O)NC(C)c1ncc[nH]1. The maximum atomic E-state index is 12.4. The van der Waals surface area contributed by atoms with E-state index in [1.807, 2.05) is 0 Å². The van der Waals surface area contributed by atoms with Gasteiger partial charge in [-0.1, -0.05) is 0 Å². The van der Waals surface area contributed by atoms with E-state index in [0.717, 1.165) is 0 Å². The van der Waals surface area contributed by atoms with Crippen molar-refractivity contribution in [1.82, 2.24) is 14.7 Å². The van der Waals surface area contributed by atoms with Crippen LogP contribution in [0.1, 0.15) is 18.8 Å². The van der Waals surface area contributed by atoms with Gasteiger partial charge in [0.1, 0.15) is 16.5 Å². The van der Waals surface area contributed by atoms with Gasteiger partial charge in [0.15, 0.2) is 0 Å². The maximum Gasteiger partial charge on any atom is 0.244 e. The van der Waals surface area contributed by atoms with Crippen LogP contribution in [0, 0.1) is 0 Å². The lowest BCUT2D eigenvalue weighted by Gasteiger charge is -2.14. The Morgan fingerprint density at radius 1 is 1.45 bits per heavy atom. The highest BCUT2D eigenvalue weighted by atomic mass is 32.2. The molecule has 0 radical (unpaired) electrons. The molecule has 0 aliphatic carbocycles. The van der Waals surface area contributed by atoms with Gasteiger partial charge in [-0.3, -0.25) is 0 Å². The number of ether oxygens (including phenoxy) is 1. The van der Waals surface area contributed by atoms with Crippen molar-refractivity contribution in [1.29, 1.82) is 0 Å². The molecule has 0 spiro atoms. The summed E-state index contributed by atoms with van der Waals surface area (Å²) in [6.07, 6.45) is 3.18. The number of hydrogen-bond donors (Lipinski definition) is 3. The standard InChI is InChI=1S/C12H16N4O3S/c1-8(12-14-5-6-15-12)16-20(17,18)11-7-9(13)3-4-10(11)19-2/h3-8,16H,13H2,1-2H3,(H,14,15). The zero-order valence-electron chi connectivity index (χ0n) is 11.1. The van der Waals surface area contributed by atoms with Crippen molar-refractivity contribution < 1.29 is 13.2 Å². The number of nitrogen functional groups attached to an aromatic ring is 1. The molecule has 0 aliphatic rings. The van der Waals surface area contributed by atoms with Crippen LogP contribution in [0.4, 0.5) is 5.69 Å². The highest BCUT2D eigenvalue weighted by Crippen LogP contribution is 2.26. The molecule has 108 valence electrons. The van der Waals surface area contributed by atoms with Crippen molar-refractivity contribution in [2.24, 2.45) is 0 Å². The van der Waals surface area contributed by atoms with E-state index in [0.29, 0.717) is 11.5 Å². The monoisotopic (exact) mass is 296 g/mol. The number of nitrogens with two attached hydrogens (primary N) is 1. The average Bonchev–Trinajstić information content (AvgIpc) is 2.92. The van der Waals surface area contributed by atoms with Crippen LogP contribution in [0.15, 0.2) is 35.5 Å². The third kappa shape index (κ3) is 2.91. The second-order valence-corrected chi connectivity index (χ2v) is 5.91. The highest BCUT2D eigenvalue weighted by molar-refractivity contribution is 7.89. The molecular weight excluding hydrogens is 280 g/mol. The number of methoxy groups -OCH3 is 1. The molecule has 0 saturated carbocycles. The minimum atomic E-state index is -3.77. The van der Waals surface area contributed by atoms with E-state index in [-0.39, 0.29) is 10.6 Å². The molecule has 0 aliphatic heterocycles. The zero-order valence-corrected chi connectivity index (χ0v) is 11.9. The van der Waals surface area contributed by atoms with Crippen LogP contribution in [0.2, 0.25) is 0 Å². The molecule has 7 nitrogen and oxygen atoms in total. The molecule has 1 heterocycles. The minimum absolute atomic E-state index is 0.00148. The summed E-state index contributed by atoms with van der Waals surface area (Å²) in [6.45, 7) is 1.69. The van der Waals surface area contributed by atoms with E-state index < -0.39 is 16.1 Å². The first kappa shape index (κ1) is 14.4. The molecule has 1 aromatic carbocycles. The quantitative estimate of drug-likeness (QED) is 0.714. The van der Waals surface area contributed by atoms with Gasteiger partial charge >= 0.3 is 0 Å². The van der Waals surface area contributed by atoms with Crippen LogP contribution < -0.4 is 15.2 Å². The Balaban J connectivity index is 2.33. The normalized spacial score (nSPS) is 13.1. The summed E-state index contributed by atoms with van der Waals surface area (Å²) in [5.74, 6) is 0.759. The van der Waals surface area contributed by atoms with E-state index in [9.17, 15) is 8.42 Å². The lowest BCUT2D eigenvalue weighted by atomic mass is 10.3. The van der Waals surface area contributed by atoms with Gasteiger partial charge in [0.2, 0.25) is 10.0 Å². The summed E-state index contributed by atoms with van der Waals surface area (Å²) in [7, 11) is -2.36. The Labute approximate surface area is 117 Å². The fourth-order valence-electron chi connectivity index (χ4n) is 1.77. The van der Waals surface area contributed by atoms with E-state index in [2.05, 4.69) is 14.7 Å². The Kier molecular flexibility index (Phi) is 3.96. The maximum absolute atomic E-state index is 12.4. The van der Waals surface area contributed by atoms with Gasteiger partial charge in [-0.15, -0.1) is 0 Å². The molecular formula is C12H16N4O3S. The number of rotatable bonds is 5. The van der Waals surface area contributed by atoms with Crippen LogP contribution in [0.25, 0.3) is 0 Å². The van der Waals surface area contributed by atoms with E-state index in [4.69, 9.17) is 10.5 Å². The number of imidazole rings is 1. The number of aromatic amines is 1. The van der Waals surface area contributed by atoms with Crippen molar-refractivity contribution in [3.63, 3.8) is 0 Å². The molecule has 2 rings (SSSR count). The summed E-state index contributed by atoms with van der Waals surface area (Å²) in [5, 5.41) is 0. The second-order valence-electron chi connectivity index (χ2n) is 4.23. The van der Waals surface area contributed by atoms with Crippen molar-refractivity contribution in [3.05, 3.63) is 36.4 Å². The van der Waals surface area contributed by atoms with Crippen molar-refractivity contribution in [3.8, 4) is 5.75 Å². The smallest absolute Gasteiger partial charge is 0.244 e. The number of H-pyrrole nitrogens is 1. The number of aromatic nitrogens is 2. The molecule has 0 amide bonds. The highest BCUT2D eigenvalue weighted by Gasteiger charge is 2.23. The Morgan fingerprint density at radius 3 is 2.80 bits per heavy atom. The summed E-state index contributed by atoms with van der Waals surface area (Å²) >= 11 is 0. The summed E-state index contributed by atoms with van der Waals surface area (Å²) < 4.78 is 32.3. The van der Waals surface area contributed by atoms with Gasteiger partial charge in [0.05, 0.1) is 13.2 Å². The molecule has 20 heavy (non-hydrogen) atoms. The van der Waals surface area contributed by atoms with Crippen LogP contribution in [0.3, 0.4) is 0 Å². The molecule has 4 N–H and O–H groups in total. The molecule has 0 bridgehead atoms. The van der Waals surface area contributed by atoms with Gasteiger partial charge in [-0.25, -0.2) is 18.1 Å². The van der Waals surface area contributed by atoms with Crippen molar-refractivity contribution >= 4 is 15.7 Å². The number of sulfonamides is 1. The third-order valence-corrected chi connectivity index (χ3v) is 4.30. The molecule has 1 unspecified atom stereocenters. The predicted molar refractivity (Wildman–Crippen MR) is 74.7 cm³/mol. The van der Waals surface area contributed by atoms with Gasteiger partial charge in [-0.2, -0.15) is 0 Å². The van der Waals surface area contributed by atoms with Gasteiger partial charge in [-0.05, 0) is 25.1 Å². The summed E-state index contributed by atoms with van der Waals surface area (Å²) in [6, 6.07) is 3.95. The first-order valence-electron chi connectivity index (χ1n) is 5.89. The Morgan fingerprint density at radius 2 is 2.20 bits per heavy atom. The Bertz CT molecular complexity index is 683. The number of anilines is 1. The Hall–Kier alpha value is -2.06. The zero-order chi connectivity index (χ0) is 14.8. The molecule has 1 aromatic heterocycles. The van der Waals surface area contributed by atoms with Crippen LogP contribution in [-0.4, -0.2) is 25.5 Å². The topological polar surface area (TPSA) is 110 Å². The molecule has 1 atom stereocenters. The average molecular weight is 296 g/mol. The summed E-state index contributed by atoms with van der Waals surface area (Å²) in [5.41, 5.74) is 5.98. The first-order valence-corrected chi connectivity index (χ1v) is 7.37. The fraction of sp³-hybridized carbons (Fsp3) is 0.250. The number of nitrogens with zero attached hydrogens (tertiary/aromatic N) is 1. The second kappa shape index (κ2) is 5.51. The van der Waals surface area contributed by atoms with Gasteiger partial charge in [0.25, 0.3) is 0 Å². The van der Waals surface area contributed by atoms with E-state index in [1.54, 1.807) is 25.4 Å². The third-order valence-electron chi connectivity index (χ3n) is 2.74. The number of benzene rings is 1. The molecule has 0 saturated heterocycles. The van der Waals surface area contributed by atoms with E-state index >= 15 is 0 Å². The van der Waals surface area contributed by atoms with Crippen LogP contribution in [0.5, 0.6) is 5.75 Å². The first-order chi connectivity index (χ1) is 9.44. The molecule has 2 aromatic rings. The van der Waals surface area contributed by atoms with Gasteiger partial charge < -0.3 is 15.5 Å². The minimum Gasteiger partial charge on any atom is -0.495 e. The van der Waals surface area contributed by atoms with Crippen LogP contribution >= 0.6 is 0 Å². The van der Waals surface area contributed by atoms with Crippen molar-refractivity contribution in [2.45, 2.75) is 17.9 Å². The largest absolute Gasteiger partial charge is 0.495 e. The lowest BCUT2D eigenvalue weighted by molar-refractivity contribution is 0.402. The fourth-order valence-corrected chi connectivity index (χ4v) is 3.18. The van der Waals surface area contributed by atoms with Crippen molar-refractivity contribution in [2.75, 3.05) is 12.8 Å². The molecule has 8 heteroatoms. The number of nitrogens with one attached hydrogen (secondary N) is 2.